The van der Waals surface area contributed by atoms with Gasteiger partial charge in [-0.15, -0.1) is 0 Å². The summed E-state index contributed by atoms with van der Waals surface area (Å²) < 4.78 is 0. The molecule has 4 nitrogen and oxygen atoms in total. The third kappa shape index (κ3) is 2.99. The SMILES string of the molecule is CCC1(C(=O)N(C)CC(C)C(=O)O)CCCC1. The summed E-state index contributed by atoms with van der Waals surface area (Å²) in [7, 11) is 1.72. The van der Waals surface area contributed by atoms with Crippen molar-refractivity contribution in [1.29, 1.82) is 0 Å². The summed E-state index contributed by atoms with van der Waals surface area (Å²) in [6.45, 7) is 3.99. The largest absolute Gasteiger partial charge is 0.481 e. The topological polar surface area (TPSA) is 57.6 Å². The summed E-state index contributed by atoms with van der Waals surface area (Å²) in [6, 6.07) is 0. The van der Waals surface area contributed by atoms with E-state index in [0.717, 1.165) is 32.1 Å². The van der Waals surface area contributed by atoms with Gasteiger partial charge in [-0.1, -0.05) is 26.7 Å². The molecule has 1 aliphatic carbocycles. The molecule has 1 N–H and O–H groups in total. The molecule has 4 heteroatoms. The van der Waals surface area contributed by atoms with Gasteiger partial charge >= 0.3 is 5.97 Å². The van der Waals surface area contributed by atoms with E-state index in [1.165, 1.54) is 0 Å². The van der Waals surface area contributed by atoms with E-state index in [1.54, 1.807) is 18.9 Å². The molecule has 1 unspecified atom stereocenters. The van der Waals surface area contributed by atoms with E-state index in [4.69, 9.17) is 5.11 Å². The van der Waals surface area contributed by atoms with Gasteiger partial charge in [0, 0.05) is 19.0 Å². The summed E-state index contributed by atoms with van der Waals surface area (Å²) in [5.41, 5.74) is -0.215. The Kier molecular flexibility index (Phi) is 4.54. The highest BCUT2D eigenvalue weighted by Gasteiger charge is 2.41. The lowest BCUT2D eigenvalue weighted by molar-refractivity contribution is -0.145. The molecule has 98 valence electrons. The molecule has 0 aromatic heterocycles. The number of aliphatic carboxylic acids is 1. The Bertz CT molecular complexity index is 295. The lowest BCUT2D eigenvalue weighted by Crippen LogP contribution is -2.43. The second kappa shape index (κ2) is 5.52. The number of carbonyl (C=O) groups excluding carboxylic acids is 1. The van der Waals surface area contributed by atoms with Crippen molar-refractivity contribution in [2.24, 2.45) is 11.3 Å². The highest BCUT2D eigenvalue weighted by atomic mass is 16.4. The monoisotopic (exact) mass is 241 g/mol. The minimum Gasteiger partial charge on any atom is -0.481 e. The minimum atomic E-state index is -0.846. The van der Waals surface area contributed by atoms with Crippen LogP contribution in [0.2, 0.25) is 0 Å². The number of carbonyl (C=O) groups is 2. The molecular formula is C13H23NO3. The normalized spacial score (nSPS) is 19.9. The second-order valence-corrected chi connectivity index (χ2v) is 5.27. The van der Waals surface area contributed by atoms with Crippen LogP contribution < -0.4 is 0 Å². The fourth-order valence-corrected chi connectivity index (χ4v) is 2.75. The van der Waals surface area contributed by atoms with Crippen LogP contribution in [-0.4, -0.2) is 35.5 Å². The minimum absolute atomic E-state index is 0.130. The number of carboxylic acid groups (broad SMARTS) is 1. The number of amides is 1. The first-order valence-electron chi connectivity index (χ1n) is 6.41. The molecule has 1 aliphatic rings. The van der Waals surface area contributed by atoms with Crippen molar-refractivity contribution in [2.75, 3.05) is 13.6 Å². The summed E-state index contributed by atoms with van der Waals surface area (Å²) in [6.07, 6.45) is 4.99. The van der Waals surface area contributed by atoms with Crippen molar-refractivity contribution >= 4 is 11.9 Å². The molecule has 0 aliphatic heterocycles. The molecule has 0 aromatic rings. The summed E-state index contributed by atoms with van der Waals surface area (Å²) in [5.74, 6) is -1.22. The molecule has 1 saturated carbocycles. The maximum Gasteiger partial charge on any atom is 0.308 e. The second-order valence-electron chi connectivity index (χ2n) is 5.27. The first kappa shape index (κ1) is 14.0. The van der Waals surface area contributed by atoms with Gasteiger partial charge in [-0.2, -0.15) is 0 Å². The van der Waals surface area contributed by atoms with Crippen LogP contribution in [-0.2, 0) is 9.59 Å². The molecule has 17 heavy (non-hydrogen) atoms. The van der Waals surface area contributed by atoms with E-state index in [2.05, 4.69) is 6.92 Å². The Morgan fingerprint density at radius 3 is 2.29 bits per heavy atom. The zero-order chi connectivity index (χ0) is 13.1. The van der Waals surface area contributed by atoms with Crippen molar-refractivity contribution < 1.29 is 14.7 Å². The van der Waals surface area contributed by atoms with Crippen LogP contribution in [0.1, 0.15) is 46.0 Å². The van der Waals surface area contributed by atoms with Crippen LogP contribution in [0.25, 0.3) is 0 Å². The predicted molar refractivity (Wildman–Crippen MR) is 65.6 cm³/mol. The maximum atomic E-state index is 12.4. The lowest BCUT2D eigenvalue weighted by atomic mass is 9.82. The lowest BCUT2D eigenvalue weighted by Gasteiger charge is -2.32. The van der Waals surface area contributed by atoms with Crippen molar-refractivity contribution in [2.45, 2.75) is 46.0 Å². The molecule has 1 atom stereocenters. The molecule has 0 aromatic carbocycles. The molecule has 0 heterocycles. The first-order valence-corrected chi connectivity index (χ1v) is 6.41. The Morgan fingerprint density at radius 2 is 1.88 bits per heavy atom. The van der Waals surface area contributed by atoms with Crippen LogP contribution in [0.5, 0.6) is 0 Å². The molecule has 0 radical (unpaired) electrons. The quantitative estimate of drug-likeness (QED) is 0.802. The van der Waals surface area contributed by atoms with Crippen molar-refractivity contribution in [1.82, 2.24) is 4.90 Å². The van der Waals surface area contributed by atoms with Gasteiger partial charge in [0.05, 0.1) is 5.92 Å². The highest BCUT2D eigenvalue weighted by Crippen LogP contribution is 2.42. The van der Waals surface area contributed by atoms with Crippen molar-refractivity contribution in [3.8, 4) is 0 Å². The van der Waals surface area contributed by atoms with E-state index in [-0.39, 0.29) is 11.3 Å². The van der Waals surface area contributed by atoms with Crippen LogP contribution in [0.4, 0.5) is 0 Å². The van der Waals surface area contributed by atoms with Gasteiger partial charge in [-0.25, -0.2) is 0 Å². The molecule has 1 fully saturated rings. The van der Waals surface area contributed by atoms with Crippen LogP contribution in [0.15, 0.2) is 0 Å². The maximum absolute atomic E-state index is 12.4. The van der Waals surface area contributed by atoms with Crippen molar-refractivity contribution in [3.05, 3.63) is 0 Å². The Labute approximate surface area is 103 Å². The number of carboxylic acids is 1. The molecule has 1 rings (SSSR count). The molecule has 0 bridgehead atoms. The van der Waals surface area contributed by atoms with Crippen LogP contribution >= 0.6 is 0 Å². The summed E-state index contributed by atoms with van der Waals surface area (Å²) in [5, 5.41) is 8.86. The molecule has 1 amide bonds. The fourth-order valence-electron chi connectivity index (χ4n) is 2.75. The van der Waals surface area contributed by atoms with Gasteiger partial charge in [0.15, 0.2) is 0 Å². The average molecular weight is 241 g/mol. The third-order valence-corrected chi connectivity index (χ3v) is 4.01. The predicted octanol–water partition coefficient (Wildman–Crippen LogP) is 2.14. The molecular weight excluding hydrogens is 218 g/mol. The standard InChI is InChI=1S/C13H23NO3/c1-4-13(7-5-6-8-13)12(17)14(3)9-10(2)11(15)16/h10H,4-9H2,1-3H3,(H,15,16). The third-order valence-electron chi connectivity index (χ3n) is 4.01. The Morgan fingerprint density at radius 1 is 1.35 bits per heavy atom. The molecule has 0 spiro atoms. The highest BCUT2D eigenvalue weighted by molar-refractivity contribution is 5.83. The van der Waals surface area contributed by atoms with Crippen LogP contribution in [0.3, 0.4) is 0 Å². The van der Waals surface area contributed by atoms with Gasteiger partial charge in [0.2, 0.25) is 5.91 Å². The average Bonchev–Trinajstić information content (AvgIpc) is 2.77. The van der Waals surface area contributed by atoms with E-state index < -0.39 is 11.9 Å². The van der Waals surface area contributed by atoms with Gasteiger partial charge < -0.3 is 10.0 Å². The fraction of sp³-hybridized carbons (Fsp3) is 0.846. The number of hydrogen-bond donors (Lipinski definition) is 1. The van der Waals surface area contributed by atoms with E-state index >= 15 is 0 Å². The van der Waals surface area contributed by atoms with E-state index in [1.807, 2.05) is 0 Å². The van der Waals surface area contributed by atoms with Gasteiger partial charge in [0.25, 0.3) is 0 Å². The van der Waals surface area contributed by atoms with E-state index in [9.17, 15) is 9.59 Å². The number of rotatable bonds is 5. The number of hydrogen-bond acceptors (Lipinski definition) is 2. The molecule has 0 saturated heterocycles. The first-order chi connectivity index (χ1) is 7.93. The van der Waals surface area contributed by atoms with Gasteiger partial charge in [0.1, 0.15) is 0 Å². The van der Waals surface area contributed by atoms with Gasteiger partial charge in [-0.05, 0) is 19.3 Å². The van der Waals surface area contributed by atoms with Crippen LogP contribution in [0, 0.1) is 11.3 Å². The summed E-state index contributed by atoms with van der Waals surface area (Å²) >= 11 is 0. The Balaban J connectivity index is 2.65. The van der Waals surface area contributed by atoms with Crippen molar-refractivity contribution in [3.63, 3.8) is 0 Å². The zero-order valence-corrected chi connectivity index (χ0v) is 11.0. The number of nitrogens with zero attached hydrogens (tertiary/aromatic N) is 1. The van der Waals surface area contributed by atoms with E-state index in [0.29, 0.717) is 6.54 Å². The summed E-state index contributed by atoms with van der Waals surface area (Å²) in [4.78, 5) is 24.8. The smallest absolute Gasteiger partial charge is 0.308 e. The Hall–Kier alpha value is -1.06. The van der Waals surface area contributed by atoms with Gasteiger partial charge in [-0.3, -0.25) is 9.59 Å². The zero-order valence-electron chi connectivity index (χ0n) is 11.0.